The van der Waals surface area contributed by atoms with Crippen LogP contribution in [0.2, 0.25) is 0 Å². The molecule has 1 saturated heterocycles. The highest BCUT2D eigenvalue weighted by molar-refractivity contribution is 5.78. The van der Waals surface area contributed by atoms with Gasteiger partial charge in [-0.05, 0) is 17.7 Å². The van der Waals surface area contributed by atoms with Crippen molar-refractivity contribution in [3.63, 3.8) is 0 Å². The van der Waals surface area contributed by atoms with Crippen molar-refractivity contribution in [3.8, 4) is 0 Å². The number of pyridine rings is 1. The van der Waals surface area contributed by atoms with Crippen molar-refractivity contribution in [3.05, 3.63) is 30.1 Å². The number of nitrogens with zero attached hydrogens (tertiary/aromatic N) is 2. The minimum absolute atomic E-state index is 0.312. The third-order valence-corrected chi connectivity index (χ3v) is 2.56. The van der Waals surface area contributed by atoms with Gasteiger partial charge >= 0.3 is 12.1 Å². The Morgan fingerprint density at radius 2 is 2.24 bits per heavy atom. The largest absolute Gasteiger partial charge is 0.479 e. The number of rotatable bonds is 3. The van der Waals surface area contributed by atoms with Gasteiger partial charge in [-0.25, -0.2) is 9.59 Å². The molecule has 1 unspecified atom stereocenters. The summed E-state index contributed by atoms with van der Waals surface area (Å²) in [5, 5.41) is 8.73. The summed E-state index contributed by atoms with van der Waals surface area (Å²) in [6.45, 7) is 0.797. The van der Waals surface area contributed by atoms with Crippen molar-refractivity contribution in [2.24, 2.45) is 0 Å². The second-order valence-corrected chi connectivity index (χ2v) is 3.78. The van der Waals surface area contributed by atoms with Crippen LogP contribution in [0.15, 0.2) is 24.5 Å². The van der Waals surface area contributed by atoms with Crippen LogP contribution in [0.25, 0.3) is 0 Å². The minimum Gasteiger partial charge on any atom is -0.479 e. The summed E-state index contributed by atoms with van der Waals surface area (Å²) < 4.78 is 4.80. The minimum atomic E-state index is -1.10. The van der Waals surface area contributed by atoms with Gasteiger partial charge in [0.15, 0.2) is 0 Å². The number of carboxylic acids is 1. The highest BCUT2D eigenvalue weighted by atomic mass is 16.6. The zero-order valence-electron chi connectivity index (χ0n) is 9.07. The van der Waals surface area contributed by atoms with Crippen LogP contribution in [-0.4, -0.2) is 39.7 Å². The molecule has 0 aromatic carbocycles. The number of carboxylic acid groups (broad SMARTS) is 1. The summed E-state index contributed by atoms with van der Waals surface area (Å²) in [5.74, 6) is -1.10. The van der Waals surface area contributed by atoms with Crippen molar-refractivity contribution in [2.45, 2.75) is 19.1 Å². The van der Waals surface area contributed by atoms with Crippen LogP contribution in [0.1, 0.15) is 12.0 Å². The second kappa shape index (κ2) is 4.82. The van der Waals surface area contributed by atoms with Crippen molar-refractivity contribution in [1.82, 2.24) is 9.88 Å². The number of aromatic nitrogens is 1. The maximum Gasteiger partial charge on any atom is 0.410 e. The van der Waals surface area contributed by atoms with E-state index in [1.54, 1.807) is 24.5 Å². The molecule has 17 heavy (non-hydrogen) atoms. The molecule has 0 bridgehead atoms. The van der Waals surface area contributed by atoms with Crippen LogP contribution in [0.4, 0.5) is 4.79 Å². The summed E-state index contributed by atoms with van der Waals surface area (Å²) >= 11 is 0. The predicted octanol–water partition coefficient (Wildman–Crippen LogP) is 0.877. The van der Waals surface area contributed by atoms with Gasteiger partial charge in [0.05, 0.1) is 0 Å². The third kappa shape index (κ3) is 2.72. The number of carbonyl (C=O) groups excluding carboxylic acids is 1. The Bertz CT molecular complexity index is 421. The Hall–Kier alpha value is -2.11. The van der Waals surface area contributed by atoms with E-state index in [9.17, 15) is 9.59 Å². The van der Waals surface area contributed by atoms with Crippen LogP contribution in [0, 0.1) is 0 Å². The smallest absolute Gasteiger partial charge is 0.410 e. The zero-order chi connectivity index (χ0) is 12.3. The van der Waals surface area contributed by atoms with Gasteiger partial charge in [0.2, 0.25) is 6.10 Å². The highest BCUT2D eigenvalue weighted by Crippen LogP contribution is 2.15. The van der Waals surface area contributed by atoms with Crippen molar-refractivity contribution >= 4 is 12.1 Å². The summed E-state index contributed by atoms with van der Waals surface area (Å²) in [6, 6.07) is 3.60. The number of hydrogen-bond donors (Lipinski definition) is 1. The molecule has 6 heteroatoms. The molecule has 2 heterocycles. The Morgan fingerprint density at radius 1 is 1.53 bits per heavy atom. The van der Waals surface area contributed by atoms with Crippen LogP contribution < -0.4 is 0 Å². The van der Waals surface area contributed by atoms with Crippen LogP contribution in [-0.2, 0) is 16.1 Å². The molecule has 0 saturated carbocycles. The molecule has 1 aliphatic heterocycles. The fraction of sp³-hybridized carbons (Fsp3) is 0.364. The monoisotopic (exact) mass is 236 g/mol. The summed E-state index contributed by atoms with van der Waals surface area (Å²) in [4.78, 5) is 27.6. The van der Waals surface area contributed by atoms with E-state index in [2.05, 4.69) is 4.98 Å². The molecule has 1 amide bonds. The summed E-state index contributed by atoms with van der Waals surface area (Å²) in [6.07, 6.45) is 2.00. The number of aliphatic carboxylic acids is 1. The molecule has 0 radical (unpaired) electrons. The van der Waals surface area contributed by atoms with Gasteiger partial charge in [-0.3, -0.25) is 4.98 Å². The van der Waals surface area contributed by atoms with Gasteiger partial charge in [0.1, 0.15) is 0 Å². The third-order valence-electron chi connectivity index (χ3n) is 2.56. The average Bonchev–Trinajstić information content (AvgIpc) is 2.33. The van der Waals surface area contributed by atoms with E-state index in [0.717, 1.165) is 5.56 Å². The molecule has 1 aliphatic rings. The van der Waals surface area contributed by atoms with E-state index in [1.807, 2.05) is 0 Å². The highest BCUT2D eigenvalue weighted by Gasteiger charge is 2.31. The predicted molar refractivity (Wildman–Crippen MR) is 57.2 cm³/mol. The quantitative estimate of drug-likeness (QED) is 0.842. The van der Waals surface area contributed by atoms with Gasteiger partial charge in [0, 0.05) is 31.9 Å². The molecule has 1 N–H and O–H groups in total. The Morgan fingerprint density at radius 3 is 2.82 bits per heavy atom. The van der Waals surface area contributed by atoms with E-state index in [1.165, 1.54) is 4.90 Å². The van der Waals surface area contributed by atoms with Crippen LogP contribution in [0.5, 0.6) is 0 Å². The van der Waals surface area contributed by atoms with Gasteiger partial charge in [-0.2, -0.15) is 0 Å². The lowest BCUT2D eigenvalue weighted by Crippen LogP contribution is -2.44. The molecule has 1 fully saturated rings. The molecule has 1 aromatic heterocycles. The van der Waals surface area contributed by atoms with Crippen molar-refractivity contribution < 1.29 is 19.4 Å². The van der Waals surface area contributed by atoms with E-state index in [0.29, 0.717) is 19.5 Å². The van der Waals surface area contributed by atoms with E-state index < -0.39 is 18.2 Å². The van der Waals surface area contributed by atoms with Crippen LogP contribution in [0.3, 0.4) is 0 Å². The van der Waals surface area contributed by atoms with Crippen LogP contribution >= 0.6 is 0 Å². The number of cyclic esters (lactones) is 1. The van der Waals surface area contributed by atoms with E-state index in [4.69, 9.17) is 9.84 Å². The summed E-state index contributed by atoms with van der Waals surface area (Å²) in [7, 11) is 0. The first-order chi connectivity index (χ1) is 8.16. The van der Waals surface area contributed by atoms with Crippen molar-refractivity contribution in [2.75, 3.05) is 6.54 Å². The fourth-order valence-electron chi connectivity index (χ4n) is 1.65. The van der Waals surface area contributed by atoms with E-state index >= 15 is 0 Å². The van der Waals surface area contributed by atoms with Gasteiger partial charge in [0.25, 0.3) is 0 Å². The molecule has 1 atom stereocenters. The first kappa shape index (κ1) is 11.4. The lowest BCUT2D eigenvalue weighted by molar-refractivity contribution is -0.149. The SMILES string of the molecule is O=C(O)C1CCN(Cc2ccncc2)C(=O)O1. The van der Waals surface area contributed by atoms with E-state index in [-0.39, 0.29) is 0 Å². The topological polar surface area (TPSA) is 79.7 Å². The number of carbonyl (C=O) groups is 2. The van der Waals surface area contributed by atoms with Gasteiger partial charge in [-0.15, -0.1) is 0 Å². The Balaban J connectivity index is 1.96. The molecule has 90 valence electrons. The summed E-state index contributed by atoms with van der Waals surface area (Å²) in [5.41, 5.74) is 0.936. The molecule has 0 aliphatic carbocycles. The molecule has 2 rings (SSSR count). The maximum absolute atomic E-state index is 11.5. The molecular formula is C11H12N2O4. The first-order valence-corrected chi connectivity index (χ1v) is 5.24. The molecular weight excluding hydrogens is 224 g/mol. The number of amides is 1. The lowest BCUT2D eigenvalue weighted by atomic mass is 10.2. The molecule has 6 nitrogen and oxygen atoms in total. The Kier molecular flexibility index (Phi) is 3.22. The molecule has 1 aromatic rings. The normalized spacial score (nSPS) is 19.9. The van der Waals surface area contributed by atoms with Gasteiger partial charge in [-0.1, -0.05) is 0 Å². The first-order valence-electron chi connectivity index (χ1n) is 5.24. The fourth-order valence-corrected chi connectivity index (χ4v) is 1.65. The number of ether oxygens (including phenoxy) is 1. The second-order valence-electron chi connectivity index (χ2n) is 3.78. The van der Waals surface area contributed by atoms with Gasteiger partial charge < -0.3 is 14.7 Å². The number of hydrogen-bond acceptors (Lipinski definition) is 4. The molecule has 0 spiro atoms. The average molecular weight is 236 g/mol. The standard InChI is InChI=1S/C11H12N2O4/c14-10(15)9-3-6-13(11(16)17-9)7-8-1-4-12-5-2-8/h1-2,4-5,9H,3,6-7H2,(H,14,15). The van der Waals surface area contributed by atoms with Crippen molar-refractivity contribution in [1.29, 1.82) is 0 Å². The maximum atomic E-state index is 11.5. The lowest BCUT2D eigenvalue weighted by Gasteiger charge is -2.29. The Labute approximate surface area is 97.8 Å². The zero-order valence-corrected chi connectivity index (χ0v) is 9.07.